The van der Waals surface area contributed by atoms with Crippen molar-refractivity contribution in [3.63, 3.8) is 0 Å². The number of hydrogen-bond acceptors (Lipinski definition) is 4. The van der Waals surface area contributed by atoms with E-state index in [1.54, 1.807) is 0 Å². The van der Waals surface area contributed by atoms with Crippen LogP contribution in [0.2, 0.25) is 0 Å². The lowest BCUT2D eigenvalue weighted by molar-refractivity contribution is 0.954. The van der Waals surface area contributed by atoms with E-state index in [2.05, 4.69) is 27.2 Å². The van der Waals surface area contributed by atoms with Crippen LogP contribution >= 0.6 is 0 Å². The van der Waals surface area contributed by atoms with Gasteiger partial charge in [0.15, 0.2) is 5.82 Å². The molecule has 0 aliphatic carbocycles. The van der Waals surface area contributed by atoms with E-state index in [4.69, 9.17) is 0 Å². The molecule has 100 valence electrons. The molecule has 0 bridgehead atoms. The van der Waals surface area contributed by atoms with Crippen molar-refractivity contribution in [2.24, 2.45) is 0 Å². The predicted octanol–water partition coefficient (Wildman–Crippen LogP) is 3.29. The van der Waals surface area contributed by atoms with Crippen LogP contribution < -0.4 is 5.32 Å². The molecular formula is C15H20N4. The summed E-state index contributed by atoms with van der Waals surface area (Å²) in [4.78, 5) is 13.5. The van der Waals surface area contributed by atoms with Crippen LogP contribution in [0.4, 0.5) is 5.82 Å². The van der Waals surface area contributed by atoms with Gasteiger partial charge in [-0.25, -0.2) is 9.97 Å². The first kappa shape index (κ1) is 13.5. The minimum absolute atomic E-state index is 0.731. The maximum Gasteiger partial charge on any atom is 0.163 e. The van der Waals surface area contributed by atoms with Gasteiger partial charge in [0, 0.05) is 35.3 Å². The summed E-state index contributed by atoms with van der Waals surface area (Å²) in [5.41, 5.74) is 4.06. The maximum atomic E-state index is 4.61. The summed E-state index contributed by atoms with van der Waals surface area (Å²) in [6, 6.07) is 3.99. The summed E-state index contributed by atoms with van der Waals surface area (Å²) in [6.07, 6.45) is 2.90. The Bertz CT molecular complexity index is 561. The van der Waals surface area contributed by atoms with Gasteiger partial charge < -0.3 is 5.32 Å². The van der Waals surface area contributed by atoms with Crippen LogP contribution in [0.25, 0.3) is 11.4 Å². The van der Waals surface area contributed by atoms with E-state index in [0.29, 0.717) is 0 Å². The van der Waals surface area contributed by atoms with Crippen LogP contribution in [0, 0.1) is 20.8 Å². The van der Waals surface area contributed by atoms with Crippen molar-refractivity contribution in [3.8, 4) is 11.4 Å². The fourth-order valence-corrected chi connectivity index (χ4v) is 1.77. The van der Waals surface area contributed by atoms with E-state index >= 15 is 0 Å². The second-order valence-corrected chi connectivity index (χ2v) is 4.72. The Kier molecular flexibility index (Phi) is 4.10. The third-order valence-electron chi connectivity index (χ3n) is 3.10. The van der Waals surface area contributed by atoms with Gasteiger partial charge in [0.05, 0.1) is 0 Å². The summed E-state index contributed by atoms with van der Waals surface area (Å²) in [5.74, 6) is 1.65. The Balaban J connectivity index is 2.40. The average Bonchev–Trinajstić information content (AvgIpc) is 2.41. The lowest BCUT2D eigenvalue weighted by atomic mass is 10.2. The van der Waals surface area contributed by atoms with E-state index in [9.17, 15) is 0 Å². The topological polar surface area (TPSA) is 50.7 Å². The summed E-state index contributed by atoms with van der Waals surface area (Å²) < 4.78 is 0. The SMILES string of the molecule is CCCNc1nc(-c2ccc(C)nc2)nc(C)c1C. The highest BCUT2D eigenvalue weighted by atomic mass is 15.0. The summed E-state index contributed by atoms with van der Waals surface area (Å²) in [7, 11) is 0. The van der Waals surface area contributed by atoms with Gasteiger partial charge in [0.1, 0.15) is 5.82 Å². The number of hydrogen-bond donors (Lipinski definition) is 1. The van der Waals surface area contributed by atoms with Crippen LogP contribution in [-0.2, 0) is 0 Å². The molecule has 0 spiro atoms. The van der Waals surface area contributed by atoms with Crippen LogP contribution in [0.1, 0.15) is 30.3 Å². The van der Waals surface area contributed by atoms with Crippen molar-refractivity contribution in [1.82, 2.24) is 15.0 Å². The first-order chi connectivity index (χ1) is 9.11. The quantitative estimate of drug-likeness (QED) is 0.912. The predicted molar refractivity (Wildman–Crippen MR) is 78.3 cm³/mol. The Labute approximate surface area is 114 Å². The first-order valence-corrected chi connectivity index (χ1v) is 6.64. The fraction of sp³-hybridized carbons (Fsp3) is 0.400. The lowest BCUT2D eigenvalue weighted by Crippen LogP contribution is -2.07. The van der Waals surface area contributed by atoms with E-state index in [1.807, 2.05) is 39.1 Å². The summed E-state index contributed by atoms with van der Waals surface area (Å²) in [5, 5.41) is 3.35. The van der Waals surface area contributed by atoms with Crippen LogP contribution in [0.3, 0.4) is 0 Å². The second kappa shape index (κ2) is 5.78. The minimum atomic E-state index is 0.731. The number of pyridine rings is 1. The van der Waals surface area contributed by atoms with Gasteiger partial charge in [-0.15, -0.1) is 0 Å². The van der Waals surface area contributed by atoms with E-state index in [0.717, 1.165) is 47.1 Å². The highest BCUT2D eigenvalue weighted by Gasteiger charge is 2.09. The normalized spacial score (nSPS) is 10.5. The molecule has 0 unspecified atom stereocenters. The van der Waals surface area contributed by atoms with Crippen molar-refractivity contribution in [2.45, 2.75) is 34.1 Å². The van der Waals surface area contributed by atoms with Gasteiger partial charge in [0.25, 0.3) is 0 Å². The highest BCUT2D eigenvalue weighted by Crippen LogP contribution is 2.21. The van der Waals surface area contributed by atoms with E-state index in [-0.39, 0.29) is 0 Å². The van der Waals surface area contributed by atoms with Crippen LogP contribution in [0.15, 0.2) is 18.3 Å². The van der Waals surface area contributed by atoms with Crippen molar-refractivity contribution in [1.29, 1.82) is 0 Å². The molecule has 0 amide bonds. The minimum Gasteiger partial charge on any atom is -0.370 e. The zero-order chi connectivity index (χ0) is 13.8. The number of rotatable bonds is 4. The molecule has 0 saturated heterocycles. The van der Waals surface area contributed by atoms with Crippen molar-refractivity contribution >= 4 is 5.82 Å². The molecule has 0 aromatic carbocycles. The number of aryl methyl sites for hydroxylation is 2. The average molecular weight is 256 g/mol. The molecule has 0 atom stereocenters. The van der Waals surface area contributed by atoms with E-state index in [1.165, 1.54) is 0 Å². The molecule has 4 heteroatoms. The molecule has 4 nitrogen and oxygen atoms in total. The van der Waals surface area contributed by atoms with Gasteiger partial charge in [-0.1, -0.05) is 6.92 Å². The first-order valence-electron chi connectivity index (χ1n) is 6.64. The van der Waals surface area contributed by atoms with Gasteiger partial charge in [-0.2, -0.15) is 0 Å². The molecule has 0 saturated carbocycles. The molecule has 19 heavy (non-hydrogen) atoms. The molecule has 0 fully saturated rings. The third-order valence-corrected chi connectivity index (χ3v) is 3.10. The maximum absolute atomic E-state index is 4.61. The molecule has 2 aromatic rings. The Morgan fingerprint density at radius 2 is 1.89 bits per heavy atom. The molecule has 1 N–H and O–H groups in total. The molecule has 0 aliphatic rings. The van der Waals surface area contributed by atoms with Gasteiger partial charge in [-0.3, -0.25) is 4.98 Å². The molecule has 0 radical (unpaired) electrons. The highest BCUT2D eigenvalue weighted by molar-refractivity contribution is 5.58. The Hall–Kier alpha value is -1.97. The zero-order valence-corrected chi connectivity index (χ0v) is 12.0. The van der Waals surface area contributed by atoms with Crippen molar-refractivity contribution < 1.29 is 0 Å². The second-order valence-electron chi connectivity index (χ2n) is 4.72. The fourth-order valence-electron chi connectivity index (χ4n) is 1.77. The van der Waals surface area contributed by atoms with Gasteiger partial charge in [0.2, 0.25) is 0 Å². The third kappa shape index (κ3) is 3.08. The van der Waals surface area contributed by atoms with E-state index < -0.39 is 0 Å². The number of anilines is 1. The largest absolute Gasteiger partial charge is 0.370 e. The van der Waals surface area contributed by atoms with Crippen molar-refractivity contribution in [2.75, 3.05) is 11.9 Å². The van der Waals surface area contributed by atoms with Gasteiger partial charge >= 0.3 is 0 Å². The Morgan fingerprint density at radius 1 is 1.11 bits per heavy atom. The number of nitrogens with zero attached hydrogens (tertiary/aromatic N) is 3. The smallest absolute Gasteiger partial charge is 0.163 e. The molecule has 2 aromatic heterocycles. The summed E-state index contributed by atoms with van der Waals surface area (Å²) >= 11 is 0. The lowest BCUT2D eigenvalue weighted by Gasteiger charge is -2.11. The Morgan fingerprint density at radius 3 is 2.53 bits per heavy atom. The standard InChI is InChI=1S/C15H20N4/c1-5-8-16-14-11(3)12(4)18-15(19-14)13-7-6-10(2)17-9-13/h6-7,9H,5,8H2,1-4H3,(H,16,18,19). The number of aromatic nitrogens is 3. The monoisotopic (exact) mass is 256 g/mol. The van der Waals surface area contributed by atoms with Crippen LogP contribution in [0.5, 0.6) is 0 Å². The van der Waals surface area contributed by atoms with Gasteiger partial charge in [-0.05, 0) is 39.3 Å². The zero-order valence-electron chi connectivity index (χ0n) is 12.0. The molecular weight excluding hydrogens is 236 g/mol. The van der Waals surface area contributed by atoms with Crippen LogP contribution in [-0.4, -0.2) is 21.5 Å². The molecule has 2 rings (SSSR count). The molecule has 0 aliphatic heterocycles. The summed E-state index contributed by atoms with van der Waals surface area (Å²) in [6.45, 7) is 9.09. The van der Waals surface area contributed by atoms with Crippen molar-refractivity contribution in [3.05, 3.63) is 35.3 Å². The number of nitrogens with one attached hydrogen (secondary N) is 1. The molecule has 2 heterocycles.